The molecule has 0 fully saturated rings. The van der Waals surface area contributed by atoms with E-state index in [1.165, 1.54) is 18.2 Å². The Bertz CT molecular complexity index is 670. The highest BCUT2D eigenvalue weighted by Gasteiger charge is 2.31. The van der Waals surface area contributed by atoms with Crippen LogP contribution in [0.5, 0.6) is 5.75 Å². The summed E-state index contributed by atoms with van der Waals surface area (Å²) in [6.07, 6.45) is -4.74. The fraction of sp³-hybridized carbons (Fsp3) is 0.385. The molecule has 0 radical (unpaired) electrons. The normalized spacial score (nSPS) is 11.9. The number of aromatic nitrogens is 1. The van der Waals surface area contributed by atoms with Crippen molar-refractivity contribution in [2.24, 2.45) is 0 Å². The Kier molecular flexibility index (Phi) is 4.87. The average Bonchev–Trinajstić information content (AvgIpc) is 2.75. The molecular weight excluding hydrogens is 319 g/mol. The Morgan fingerprint density at radius 3 is 2.77 bits per heavy atom. The van der Waals surface area contributed by atoms with Crippen molar-refractivity contribution in [1.29, 1.82) is 0 Å². The SMILES string of the molecule is CC(C)NCC(=O)Nc1nc2ccc(OC(F)(F)F)cc2s1. The van der Waals surface area contributed by atoms with Crippen LogP contribution in [0.1, 0.15) is 13.8 Å². The van der Waals surface area contributed by atoms with Crippen LogP contribution < -0.4 is 15.4 Å². The molecule has 120 valence electrons. The molecule has 1 aromatic heterocycles. The molecule has 2 N–H and O–H groups in total. The molecule has 2 rings (SSSR count). The van der Waals surface area contributed by atoms with Gasteiger partial charge in [-0.15, -0.1) is 13.2 Å². The molecule has 0 aliphatic heterocycles. The minimum absolute atomic E-state index is 0.135. The van der Waals surface area contributed by atoms with Gasteiger partial charge in [0.25, 0.3) is 0 Å². The number of carbonyl (C=O) groups is 1. The zero-order valence-corrected chi connectivity index (χ0v) is 12.6. The van der Waals surface area contributed by atoms with Crippen molar-refractivity contribution in [2.45, 2.75) is 26.3 Å². The molecule has 1 amide bonds. The van der Waals surface area contributed by atoms with Crippen molar-refractivity contribution < 1.29 is 22.7 Å². The highest BCUT2D eigenvalue weighted by atomic mass is 32.1. The number of nitrogens with one attached hydrogen (secondary N) is 2. The zero-order chi connectivity index (χ0) is 16.3. The summed E-state index contributed by atoms with van der Waals surface area (Å²) in [5.74, 6) is -0.581. The van der Waals surface area contributed by atoms with Gasteiger partial charge in [0.1, 0.15) is 5.75 Å². The highest BCUT2D eigenvalue weighted by Crippen LogP contribution is 2.31. The van der Waals surface area contributed by atoms with E-state index in [1.54, 1.807) is 0 Å². The second-order valence-electron chi connectivity index (χ2n) is 4.78. The van der Waals surface area contributed by atoms with Crippen molar-refractivity contribution in [3.05, 3.63) is 18.2 Å². The number of alkyl halides is 3. The third kappa shape index (κ3) is 4.85. The van der Waals surface area contributed by atoms with Crippen molar-refractivity contribution in [3.8, 4) is 5.75 Å². The van der Waals surface area contributed by atoms with E-state index in [4.69, 9.17) is 0 Å². The summed E-state index contributed by atoms with van der Waals surface area (Å²) in [4.78, 5) is 15.8. The monoisotopic (exact) mass is 333 g/mol. The van der Waals surface area contributed by atoms with Crippen LogP contribution in [0.25, 0.3) is 10.2 Å². The molecule has 0 aliphatic rings. The first-order chi connectivity index (χ1) is 10.2. The maximum absolute atomic E-state index is 12.2. The molecule has 0 atom stereocenters. The first kappa shape index (κ1) is 16.5. The Hall–Kier alpha value is -1.87. The lowest BCUT2D eigenvalue weighted by Gasteiger charge is -2.07. The van der Waals surface area contributed by atoms with Crippen molar-refractivity contribution >= 4 is 32.6 Å². The fourth-order valence-corrected chi connectivity index (χ4v) is 2.53. The summed E-state index contributed by atoms with van der Waals surface area (Å²) in [5, 5.41) is 5.88. The van der Waals surface area contributed by atoms with Crippen LogP contribution in [0.4, 0.5) is 18.3 Å². The number of amides is 1. The first-order valence-electron chi connectivity index (χ1n) is 6.42. The molecule has 1 aromatic carbocycles. The lowest BCUT2D eigenvalue weighted by molar-refractivity contribution is -0.274. The smallest absolute Gasteiger partial charge is 0.406 e. The zero-order valence-electron chi connectivity index (χ0n) is 11.8. The maximum atomic E-state index is 12.2. The Labute approximate surface area is 128 Å². The van der Waals surface area contributed by atoms with E-state index < -0.39 is 6.36 Å². The van der Waals surface area contributed by atoms with Gasteiger partial charge in [-0.3, -0.25) is 4.79 Å². The van der Waals surface area contributed by atoms with Crippen molar-refractivity contribution in [2.75, 3.05) is 11.9 Å². The van der Waals surface area contributed by atoms with Gasteiger partial charge >= 0.3 is 6.36 Å². The average molecular weight is 333 g/mol. The maximum Gasteiger partial charge on any atom is 0.573 e. The largest absolute Gasteiger partial charge is 0.573 e. The van der Waals surface area contributed by atoms with Crippen LogP contribution in [-0.4, -0.2) is 29.8 Å². The summed E-state index contributed by atoms with van der Waals surface area (Å²) >= 11 is 1.08. The van der Waals surface area contributed by atoms with Gasteiger partial charge in [0, 0.05) is 12.1 Å². The molecule has 1 heterocycles. The van der Waals surface area contributed by atoms with E-state index in [1.807, 2.05) is 13.8 Å². The standard InChI is InChI=1S/C13H14F3N3O2S/c1-7(2)17-6-11(20)19-12-18-9-4-3-8(5-10(9)22-12)21-13(14,15)16/h3-5,7,17H,6H2,1-2H3,(H,18,19,20). The van der Waals surface area contributed by atoms with E-state index in [-0.39, 0.29) is 24.2 Å². The van der Waals surface area contributed by atoms with Gasteiger partial charge in [-0.25, -0.2) is 4.98 Å². The number of hydrogen-bond donors (Lipinski definition) is 2. The lowest BCUT2D eigenvalue weighted by atomic mass is 10.3. The van der Waals surface area contributed by atoms with Crippen LogP contribution in [-0.2, 0) is 4.79 Å². The van der Waals surface area contributed by atoms with Gasteiger partial charge in [0.05, 0.1) is 16.8 Å². The number of fused-ring (bicyclic) bond motifs is 1. The van der Waals surface area contributed by atoms with Gasteiger partial charge in [-0.2, -0.15) is 0 Å². The predicted octanol–water partition coefficient (Wildman–Crippen LogP) is 3.13. The van der Waals surface area contributed by atoms with Crippen molar-refractivity contribution in [1.82, 2.24) is 10.3 Å². The molecule has 0 spiro atoms. The van der Waals surface area contributed by atoms with E-state index in [0.29, 0.717) is 15.3 Å². The Morgan fingerprint density at radius 2 is 2.14 bits per heavy atom. The topological polar surface area (TPSA) is 63.2 Å². The second kappa shape index (κ2) is 6.49. The summed E-state index contributed by atoms with van der Waals surface area (Å²) in [5.41, 5.74) is 0.492. The molecule has 22 heavy (non-hydrogen) atoms. The summed E-state index contributed by atoms with van der Waals surface area (Å²) < 4.78 is 40.9. The molecule has 0 bridgehead atoms. The van der Waals surface area contributed by atoms with Gasteiger partial charge in [0.2, 0.25) is 5.91 Å². The van der Waals surface area contributed by atoms with Gasteiger partial charge in [0.15, 0.2) is 5.13 Å². The van der Waals surface area contributed by atoms with Gasteiger partial charge in [-0.05, 0) is 12.1 Å². The molecular formula is C13H14F3N3O2S. The molecule has 5 nitrogen and oxygen atoms in total. The Morgan fingerprint density at radius 1 is 1.41 bits per heavy atom. The number of benzene rings is 1. The second-order valence-corrected chi connectivity index (χ2v) is 5.81. The number of rotatable bonds is 5. The molecule has 9 heteroatoms. The lowest BCUT2D eigenvalue weighted by Crippen LogP contribution is -2.32. The predicted molar refractivity (Wildman–Crippen MR) is 78.1 cm³/mol. The van der Waals surface area contributed by atoms with Crippen LogP contribution >= 0.6 is 11.3 Å². The summed E-state index contributed by atoms with van der Waals surface area (Å²) in [6.45, 7) is 3.95. The fourth-order valence-electron chi connectivity index (χ4n) is 1.62. The summed E-state index contributed by atoms with van der Waals surface area (Å²) in [6, 6.07) is 4.00. The number of nitrogens with zero attached hydrogens (tertiary/aromatic N) is 1. The van der Waals surface area contributed by atoms with Crippen LogP contribution in [0.2, 0.25) is 0 Å². The quantitative estimate of drug-likeness (QED) is 0.882. The van der Waals surface area contributed by atoms with E-state index >= 15 is 0 Å². The molecule has 2 aromatic rings. The minimum atomic E-state index is -4.74. The number of halogens is 3. The molecule has 0 unspecified atom stereocenters. The minimum Gasteiger partial charge on any atom is -0.406 e. The van der Waals surface area contributed by atoms with Gasteiger partial charge in [-0.1, -0.05) is 25.2 Å². The summed E-state index contributed by atoms with van der Waals surface area (Å²) in [7, 11) is 0. The van der Waals surface area contributed by atoms with Crippen LogP contribution in [0, 0.1) is 0 Å². The number of anilines is 1. The van der Waals surface area contributed by atoms with E-state index in [2.05, 4.69) is 20.4 Å². The molecule has 0 aliphatic carbocycles. The number of thiazole rings is 1. The number of hydrogen-bond acceptors (Lipinski definition) is 5. The number of carbonyl (C=O) groups excluding carboxylic acids is 1. The highest BCUT2D eigenvalue weighted by molar-refractivity contribution is 7.22. The molecule has 0 saturated carbocycles. The third-order valence-electron chi connectivity index (χ3n) is 2.51. The van der Waals surface area contributed by atoms with Crippen LogP contribution in [0.15, 0.2) is 18.2 Å². The van der Waals surface area contributed by atoms with Crippen molar-refractivity contribution in [3.63, 3.8) is 0 Å². The van der Waals surface area contributed by atoms with Crippen LogP contribution in [0.3, 0.4) is 0 Å². The number of ether oxygens (including phenoxy) is 1. The Balaban J connectivity index is 2.08. The third-order valence-corrected chi connectivity index (χ3v) is 3.44. The van der Waals surface area contributed by atoms with E-state index in [0.717, 1.165) is 11.3 Å². The first-order valence-corrected chi connectivity index (χ1v) is 7.24. The molecule has 0 saturated heterocycles. The van der Waals surface area contributed by atoms with Gasteiger partial charge < -0.3 is 15.4 Å². The van der Waals surface area contributed by atoms with E-state index in [9.17, 15) is 18.0 Å².